The Bertz CT molecular complexity index is 4330. The van der Waals surface area contributed by atoms with Gasteiger partial charge < -0.3 is 4.42 Å². The summed E-state index contributed by atoms with van der Waals surface area (Å²) in [7, 11) is 66.5. The zero-order valence-electron chi connectivity index (χ0n) is 51.4. The summed E-state index contributed by atoms with van der Waals surface area (Å²) in [4.78, 5) is 0. The van der Waals surface area contributed by atoms with Gasteiger partial charge in [0.15, 0.2) is 0 Å². The van der Waals surface area contributed by atoms with Crippen molar-refractivity contribution in [2.45, 2.75) is 0 Å². The lowest BCUT2D eigenvalue weighted by Crippen LogP contribution is -2.56. The summed E-state index contributed by atoms with van der Waals surface area (Å²) in [5, 5.41) is 13.6. The first kappa shape index (κ1) is 54.0. The third kappa shape index (κ3) is 6.85. The Balaban J connectivity index is 1.58. The van der Waals surface area contributed by atoms with Crippen LogP contribution in [0.25, 0.3) is 98.4 Å². The Morgan fingerprint density at radius 3 is 0.667 bits per heavy atom. The van der Waals surface area contributed by atoms with Gasteiger partial charge in [-0.3, -0.25) is 0 Å². The van der Waals surface area contributed by atoms with E-state index in [4.69, 9.17) is 4.42 Å². The van der Waals surface area contributed by atoms with E-state index in [1.54, 1.807) is 0 Å². The van der Waals surface area contributed by atoms with Gasteiger partial charge in [0.1, 0.15) is 231 Å². The maximum absolute atomic E-state index is 7.48. The number of rotatable bonds is 3. The molecule has 0 saturated carbocycles. The maximum Gasteiger partial charge on any atom is 0.145 e. The lowest BCUT2D eigenvalue weighted by molar-refractivity contribution is 0.675. The smallest absolute Gasteiger partial charge is 0.145 e. The Morgan fingerprint density at radius 2 is 0.320 bits per heavy atom. The van der Waals surface area contributed by atoms with Crippen LogP contribution >= 0.6 is 0 Å². The van der Waals surface area contributed by atoms with Gasteiger partial charge in [0.25, 0.3) is 0 Å². The number of benzene rings is 9. The SMILES string of the molecule is Bc1c(B)c(B)c(-c2c(B)c(B)c(-c3c4c(B)c(B)c(B)c(B)c4c(-c4c(B)c(B)c(B)c5oc6c(B)c7c(B)c(B)c(B)c(B)c7c(B)c6c45)c4c(B)c(B)c(B)c(B)c34)c3c(B)c(B)c(B)c(B)c23)c(B)c1B. The van der Waals surface area contributed by atoms with Crippen LogP contribution in [0.4, 0.5) is 0 Å². The van der Waals surface area contributed by atoms with E-state index in [2.05, 4.69) is 220 Å². The number of furan rings is 1. The van der Waals surface area contributed by atoms with E-state index in [1.807, 2.05) is 0 Å². The van der Waals surface area contributed by atoms with Gasteiger partial charge in [-0.05, 0) is 81.9 Å². The Labute approximate surface area is 472 Å². The van der Waals surface area contributed by atoms with Crippen molar-refractivity contribution in [2.24, 2.45) is 0 Å². The van der Waals surface area contributed by atoms with E-state index < -0.39 is 0 Å². The molecule has 10 aromatic rings. The van der Waals surface area contributed by atoms with Crippen molar-refractivity contribution in [3.63, 3.8) is 0 Å². The summed E-state index contributed by atoms with van der Waals surface area (Å²) in [6.45, 7) is 0. The molecule has 1 aromatic heterocycles. The van der Waals surface area contributed by atoms with Crippen LogP contribution in [-0.2, 0) is 0 Å². The molecule has 0 amide bonds. The fourth-order valence-corrected chi connectivity index (χ4v) is 15.0. The minimum absolute atomic E-state index is 1.02. The van der Waals surface area contributed by atoms with Gasteiger partial charge in [-0.2, -0.15) is 0 Å². The zero-order valence-corrected chi connectivity index (χ0v) is 51.4. The fourth-order valence-electron chi connectivity index (χ4n) is 15.0. The molecule has 9 aromatic carbocycles. The molecule has 0 aliphatic rings. The molecule has 0 aliphatic carbocycles. The molecule has 330 valence electrons. The van der Waals surface area contributed by atoms with Crippen LogP contribution in [-0.4, -0.2) is 220 Å². The molecule has 1 nitrogen and oxygen atoms in total. The summed E-state index contributed by atoms with van der Waals surface area (Å²) in [6.07, 6.45) is 0. The van der Waals surface area contributed by atoms with Crippen molar-refractivity contribution in [1.29, 1.82) is 0 Å². The number of hydrogen-bond donors (Lipinski definition) is 0. The molecule has 29 heteroatoms. The molecule has 75 heavy (non-hydrogen) atoms. The molecule has 0 saturated heterocycles. The summed E-state index contributed by atoms with van der Waals surface area (Å²) >= 11 is 0. The van der Waals surface area contributed by atoms with Crippen LogP contribution in [0.15, 0.2) is 4.42 Å². The quantitative estimate of drug-likeness (QED) is 0.127. The van der Waals surface area contributed by atoms with Crippen LogP contribution in [0.2, 0.25) is 0 Å². The Hall–Kier alpha value is -4.36. The van der Waals surface area contributed by atoms with Gasteiger partial charge in [0.2, 0.25) is 0 Å². The van der Waals surface area contributed by atoms with Gasteiger partial charge in [-0.1, -0.05) is 87.4 Å². The van der Waals surface area contributed by atoms with Crippen molar-refractivity contribution in [3.8, 4) is 33.4 Å². The van der Waals surface area contributed by atoms with Gasteiger partial charge in [0.05, 0.1) is 0 Å². The first-order valence-corrected chi connectivity index (χ1v) is 27.9. The summed E-state index contributed by atoms with van der Waals surface area (Å²) < 4.78 is 7.48. The highest BCUT2D eigenvalue weighted by Crippen LogP contribution is 2.44. The fraction of sp³-hybridized carbons (Fsp3) is 0. The zero-order chi connectivity index (χ0) is 55.3. The van der Waals surface area contributed by atoms with Crippen molar-refractivity contribution >= 4 is 438 Å². The molecule has 0 atom stereocenters. The monoisotopic (exact) mass is 933 g/mol. The van der Waals surface area contributed by atoms with Crippen molar-refractivity contribution in [1.82, 2.24) is 0 Å². The minimum Gasteiger partial charge on any atom is -0.457 e. The third-order valence-corrected chi connectivity index (χ3v) is 21.8. The standard InChI is InChI=1S/C46H56B28O/c47-17-14-15(30(60)39(69)38(68)29(14)59)31(61)46-16(17)12-8(24(54)42(72)44(74)45(12)75-46)2-5-3(20(50)32(62)34(64)22(5)52)1(4-6(2)23(53)35(65)33(63)21(4)51)7-9-10(26(56)37(67)36(66)25(9)55)11(19(49)18(7)48)13-27(57)40(70)43(73)41(71)28(13)58/h47-74H2. The minimum atomic E-state index is 1.02. The summed E-state index contributed by atoms with van der Waals surface area (Å²) in [6, 6.07) is 0. The largest absolute Gasteiger partial charge is 0.457 e. The average molecular weight is 928 g/mol. The highest BCUT2D eigenvalue weighted by Gasteiger charge is 2.33. The Kier molecular flexibility index (Phi) is 13.0. The lowest BCUT2D eigenvalue weighted by atomic mass is 9.55. The van der Waals surface area contributed by atoms with Crippen LogP contribution < -0.4 is 153 Å². The molecule has 0 aliphatic heterocycles. The van der Waals surface area contributed by atoms with Crippen molar-refractivity contribution in [3.05, 3.63) is 0 Å². The molecular formula is C46H56B28O. The highest BCUT2D eigenvalue weighted by atomic mass is 16.3. The van der Waals surface area contributed by atoms with Crippen LogP contribution in [0.3, 0.4) is 0 Å². The second-order valence-electron chi connectivity index (χ2n) is 24.3. The van der Waals surface area contributed by atoms with Crippen LogP contribution in [0.5, 0.6) is 0 Å². The second-order valence-corrected chi connectivity index (χ2v) is 24.3. The van der Waals surface area contributed by atoms with Gasteiger partial charge >= 0.3 is 0 Å². The second kappa shape index (κ2) is 18.1. The number of fused-ring (bicyclic) bond motifs is 7. The van der Waals surface area contributed by atoms with E-state index in [1.165, 1.54) is 240 Å². The van der Waals surface area contributed by atoms with E-state index in [0.717, 1.165) is 11.2 Å². The van der Waals surface area contributed by atoms with E-state index >= 15 is 0 Å². The summed E-state index contributed by atoms with van der Waals surface area (Å²) in [5.41, 5.74) is 48.6. The van der Waals surface area contributed by atoms with Crippen LogP contribution in [0, 0.1) is 0 Å². The molecule has 0 bridgehead atoms. The normalized spacial score (nSPS) is 11.9. The topological polar surface area (TPSA) is 13.1 Å². The highest BCUT2D eigenvalue weighted by molar-refractivity contribution is 6.78. The molecule has 0 radical (unpaired) electrons. The first-order valence-electron chi connectivity index (χ1n) is 27.9. The van der Waals surface area contributed by atoms with Gasteiger partial charge in [-0.15, -0.1) is 60.1 Å². The van der Waals surface area contributed by atoms with E-state index in [9.17, 15) is 0 Å². The molecule has 1 heterocycles. The van der Waals surface area contributed by atoms with Crippen molar-refractivity contribution in [2.75, 3.05) is 0 Å². The molecule has 0 fully saturated rings. The van der Waals surface area contributed by atoms with Gasteiger partial charge in [-0.25, -0.2) is 0 Å². The average Bonchev–Trinajstić information content (AvgIpc) is 3.79. The molecule has 0 spiro atoms. The predicted octanol–water partition coefficient (Wildman–Crippen LogP) is -35.6. The number of hydrogen-bond acceptors (Lipinski definition) is 1. The van der Waals surface area contributed by atoms with E-state index in [0.29, 0.717) is 0 Å². The molecule has 0 N–H and O–H groups in total. The van der Waals surface area contributed by atoms with Crippen molar-refractivity contribution < 1.29 is 4.42 Å². The summed E-state index contributed by atoms with van der Waals surface area (Å²) in [5.74, 6) is 0. The van der Waals surface area contributed by atoms with E-state index in [-0.39, 0.29) is 0 Å². The molecule has 10 rings (SSSR count). The first-order chi connectivity index (χ1) is 35.0. The lowest BCUT2D eigenvalue weighted by Gasteiger charge is -2.33. The molecular weight excluding hydrogens is 871 g/mol. The Morgan fingerprint density at radius 1 is 0.120 bits per heavy atom. The third-order valence-electron chi connectivity index (χ3n) is 21.8. The maximum atomic E-state index is 7.48. The molecule has 0 unspecified atom stereocenters. The van der Waals surface area contributed by atoms with Crippen LogP contribution in [0.1, 0.15) is 0 Å². The van der Waals surface area contributed by atoms with Gasteiger partial charge in [0, 0.05) is 10.8 Å². The predicted molar refractivity (Wildman–Crippen MR) is 429 cm³/mol.